The summed E-state index contributed by atoms with van der Waals surface area (Å²) < 4.78 is 37.5. The zero-order valence-corrected chi connectivity index (χ0v) is 15.5. The summed E-state index contributed by atoms with van der Waals surface area (Å²) in [6.45, 7) is 1.08. The van der Waals surface area contributed by atoms with Gasteiger partial charge in [0.2, 0.25) is 10.0 Å². The molecular formula is C16H22N2O7S. The Morgan fingerprint density at radius 2 is 1.96 bits per heavy atom. The van der Waals surface area contributed by atoms with Crippen LogP contribution in [-0.2, 0) is 19.6 Å². The molecule has 1 aromatic carbocycles. The number of amides is 1. The van der Waals surface area contributed by atoms with Gasteiger partial charge in [0.15, 0.2) is 0 Å². The zero-order valence-electron chi connectivity index (χ0n) is 14.7. The molecule has 1 heterocycles. The van der Waals surface area contributed by atoms with Crippen LogP contribution in [0.15, 0.2) is 23.1 Å². The Kier molecular flexibility index (Phi) is 6.57. The number of ether oxygens (including phenoxy) is 2. The lowest BCUT2D eigenvalue weighted by molar-refractivity contribution is -0.137. The maximum absolute atomic E-state index is 12.9. The number of rotatable bonds is 7. The third kappa shape index (κ3) is 4.51. The number of carboxylic acid groups (broad SMARTS) is 1. The van der Waals surface area contributed by atoms with Crippen molar-refractivity contribution >= 4 is 21.9 Å². The Morgan fingerprint density at radius 3 is 2.54 bits per heavy atom. The van der Waals surface area contributed by atoms with Crippen LogP contribution < -0.4 is 4.74 Å². The number of hydrogen-bond donors (Lipinski definition) is 1. The fourth-order valence-electron chi connectivity index (χ4n) is 2.52. The third-order valence-corrected chi connectivity index (χ3v) is 5.93. The summed E-state index contributed by atoms with van der Waals surface area (Å²) in [6.07, 6.45) is -0.197. The van der Waals surface area contributed by atoms with Crippen molar-refractivity contribution in [1.82, 2.24) is 9.21 Å². The molecule has 0 aromatic heterocycles. The van der Waals surface area contributed by atoms with Crippen LogP contribution >= 0.6 is 0 Å². The molecule has 1 saturated heterocycles. The van der Waals surface area contributed by atoms with Gasteiger partial charge in [-0.3, -0.25) is 9.59 Å². The number of aliphatic carboxylic acids is 1. The topological polar surface area (TPSA) is 113 Å². The Bertz CT molecular complexity index is 773. The highest BCUT2D eigenvalue weighted by molar-refractivity contribution is 7.89. The monoisotopic (exact) mass is 386 g/mol. The van der Waals surface area contributed by atoms with E-state index in [4.69, 9.17) is 14.6 Å². The van der Waals surface area contributed by atoms with E-state index in [1.165, 1.54) is 41.6 Å². The number of nitrogens with zero attached hydrogens (tertiary/aromatic N) is 2. The van der Waals surface area contributed by atoms with E-state index >= 15 is 0 Å². The Balaban J connectivity index is 2.33. The van der Waals surface area contributed by atoms with Crippen LogP contribution in [0.4, 0.5) is 0 Å². The van der Waals surface area contributed by atoms with E-state index in [9.17, 15) is 18.0 Å². The van der Waals surface area contributed by atoms with Gasteiger partial charge in [0.25, 0.3) is 5.91 Å². The van der Waals surface area contributed by atoms with E-state index in [0.29, 0.717) is 13.2 Å². The normalized spacial score (nSPS) is 15.5. The van der Waals surface area contributed by atoms with Gasteiger partial charge in [-0.1, -0.05) is 0 Å². The van der Waals surface area contributed by atoms with Gasteiger partial charge in [0, 0.05) is 32.2 Å². The van der Waals surface area contributed by atoms with Crippen molar-refractivity contribution in [2.45, 2.75) is 11.3 Å². The molecular weight excluding hydrogens is 364 g/mol. The molecule has 1 aromatic rings. The fraction of sp³-hybridized carbons (Fsp3) is 0.500. The number of carbonyl (C=O) groups is 2. The van der Waals surface area contributed by atoms with Crippen molar-refractivity contribution in [3.63, 3.8) is 0 Å². The number of carbonyl (C=O) groups excluding carboxylic acids is 1. The van der Waals surface area contributed by atoms with Crippen molar-refractivity contribution in [2.75, 3.05) is 47.0 Å². The number of carboxylic acids is 1. The molecule has 10 heteroatoms. The molecule has 0 bridgehead atoms. The SMILES string of the molecule is COc1ccc(C(=O)N(C)CCC(=O)O)cc1S(=O)(=O)N1CCOCC1. The second-order valence-electron chi connectivity index (χ2n) is 5.75. The van der Waals surface area contributed by atoms with Gasteiger partial charge >= 0.3 is 5.97 Å². The van der Waals surface area contributed by atoms with Crippen LogP contribution in [-0.4, -0.2) is 81.6 Å². The lowest BCUT2D eigenvalue weighted by Crippen LogP contribution is -2.40. The van der Waals surface area contributed by atoms with Gasteiger partial charge < -0.3 is 19.5 Å². The average Bonchev–Trinajstić information content (AvgIpc) is 2.65. The van der Waals surface area contributed by atoms with Gasteiger partial charge in [-0.15, -0.1) is 0 Å². The first-order valence-electron chi connectivity index (χ1n) is 8.00. The van der Waals surface area contributed by atoms with Crippen molar-refractivity contribution in [3.05, 3.63) is 23.8 Å². The standard InChI is InChI=1S/C16H22N2O7S/c1-17(6-5-15(19)20)16(21)12-3-4-13(24-2)14(11-12)26(22,23)18-7-9-25-10-8-18/h3-4,11H,5-10H2,1-2H3,(H,19,20). The molecule has 9 nitrogen and oxygen atoms in total. The van der Waals surface area contributed by atoms with E-state index in [1.54, 1.807) is 0 Å². The Labute approximate surface area is 152 Å². The lowest BCUT2D eigenvalue weighted by atomic mass is 10.2. The van der Waals surface area contributed by atoms with Crippen LogP contribution in [0.1, 0.15) is 16.8 Å². The molecule has 0 aliphatic carbocycles. The minimum atomic E-state index is -3.85. The van der Waals surface area contributed by atoms with Crippen LogP contribution in [0.25, 0.3) is 0 Å². The maximum Gasteiger partial charge on any atom is 0.305 e. The molecule has 0 spiro atoms. The Morgan fingerprint density at radius 1 is 1.31 bits per heavy atom. The molecule has 2 rings (SSSR count). The molecule has 1 amide bonds. The first-order chi connectivity index (χ1) is 12.3. The summed E-state index contributed by atoms with van der Waals surface area (Å²) in [5.74, 6) is -1.34. The van der Waals surface area contributed by atoms with Crippen molar-refractivity contribution in [2.24, 2.45) is 0 Å². The second kappa shape index (κ2) is 8.47. The molecule has 1 fully saturated rings. The summed E-state index contributed by atoms with van der Waals surface area (Å²) in [7, 11) is -1.03. The average molecular weight is 386 g/mol. The van der Waals surface area contributed by atoms with Gasteiger partial charge in [0.05, 0.1) is 26.7 Å². The lowest BCUT2D eigenvalue weighted by Gasteiger charge is -2.27. The van der Waals surface area contributed by atoms with E-state index in [-0.39, 0.29) is 42.3 Å². The number of benzene rings is 1. The predicted octanol–water partition coefficient (Wildman–Crippen LogP) is 0.263. The summed E-state index contributed by atoms with van der Waals surface area (Å²) in [6, 6.07) is 4.14. The highest BCUT2D eigenvalue weighted by Gasteiger charge is 2.30. The Hall–Kier alpha value is -2.17. The van der Waals surface area contributed by atoms with Crippen LogP contribution in [0.2, 0.25) is 0 Å². The molecule has 0 unspecified atom stereocenters. The molecule has 1 aliphatic rings. The largest absolute Gasteiger partial charge is 0.495 e. The third-order valence-electron chi connectivity index (χ3n) is 4.01. The minimum Gasteiger partial charge on any atom is -0.495 e. The van der Waals surface area contributed by atoms with Gasteiger partial charge in [0.1, 0.15) is 10.6 Å². The fourth-order valence-corrected chi connectivity index (χ4v) is 4.11. The van der Waals surface area contributed by atoms with Crippen LogP contribution in [0.5, 0.6) is 5.75 Å². The molecule has 0 saturated carbocycles. The molecule has 144 valence electrons. The van der Waals surface area contributed by atoms with Crippen LogP contribution in [0, 0.1) is 0 Å². The van der Waals surface area contributed by atoms with Crippen LogP contribution in [0.3, 0.4) is 0 Å². The van der Waals surface area contributed by atoms with Crippen molar-refractivity contribution < 1.29 is 32.6 Å². The summed E-state index contributed by atoms with van der Waals surface area (Å²) in [4.78, 5) is 24.3. The highest BCUT2D eigenvalue weighted by atomic mass is 32.2. The second-order valence-corrected chi connectivity index (χ2v) is 7.66. The quantitative estimate of drug-likeness (QED) is 0.715. The minimum absolute atomic E-state index is 0.0196. The first kappa shape index (κ1) is 20.1. The number of methoxy groups -OCH3 is 1. The summed E-state index contributed by atoms with van der Waals surface area (Å²) in [5.41, 5.74) is 0.144. The van der Waals surface area contributed by atoms with Gasteiger partial charge in [-0.2, -0.15) is 4.31 Å². The van der Waals surface area contributed by atoms with E-state index < -0.39 is 21.9 Å². The summed E-state index contributed by atoms with van der Waals surface area (Å²) >= 11 is 0. The molecule has 1 aliphatic heterocycles. The first-order valence-corrected chi connectivity index (χ1v) is 9.44. The predicted molar refractivity (Wildman–Crippen MR) is 91.8 cm³/mol. The molecule has 0 atom stereocenters. The number of hydrogen-bond acceptors (Lipinski definition) is 6. The van der Waals surface area contributed by atoms with Gasteiger partial charge in [-0.05, 0) is 18.2 Å². The molecule has 1 N–H and O–H groups in total. The number of morpholine rings is 1. The van der Waals surface area contributed by atoms with Crippen molar-refractivity contribution in [1.29, 1.82) is 0 Å². The van der Waals surface area contributed by atoms with E-state index in [0.717, 1.165) is 0 Å². The number of sulfonamides is 1. The highest BCUT2D eigenvalue weighted by Crippen LogP contribution is 2.28. The molecule has 26 heavy (non-hydrogen) atoms. The smallest absolute Gasteiger partial charge is 0.305 e. The maximum atomic E-state index is 12.9. The summed E-state index contributed by atoms with van der Waals surface area (Å²) in [5, 5.41) is 8.73. The van der Waals surface area contributed by atoms with E-state index in [1.807, 2.05) is 0 Å². The zero-order chi connectivity index (χ0) is 19.3. The van der Waals surface area contributed by atoms with Gasteiger partial charge in [-0.25, -0.2) is 8.42 Å². The molecule has 0 radical (unpaired) electrons. The van der Waals surface area contributed by atoms with Crippen molar-refractivity contribution in [3.8, 4) is 5.75 Å². The van der Waals surface area contributed by atoms with E-state index in [2.05, 4.69) is 0 Å².